The van der Waals surface area contributed by atoms with Gasteiger partial charge in [0.05, 0.1) is 39.9 Å². The minimum Gasteiger partial charge on any atom is -0.391 e. The Hall–Kier alpha value is -1.54. The molecule has 0 bridgehead atoms. The van der Waals surface area contributed by atoms with Crippen LogP contribution in [0, 0.1) is 0 Å². The molecule has 0 aromatic heterocycles. The smallest absolute Gasteiger partial charge is 0.391 e. The number of phosphoric ester groups is 1. The maximum atomic E-state index is 13.1. The predicted octanol–water partition coefficient (Wildman–Crippen LogP) is 24.2. The Kier molecular flexibility index (Phi) is 65.7. The van der Waals surface area contributed by atoms with E-state index < -0.39 is 20.0 Å². The number of phosphoric acid groups is 1. The van der Waals surface area contributed by atoms with Gasteiger partial charge < -0.3 is 19.8 Å². The van der Waals surface area contributed by atoms with E-state index in [-0.39, 0.29) is 19.1 Å². The van der Waals surface area contributed by atoms with Gasteiger partial charge in [0, 0.05) is 6.42 Å². The van der Waals surface area contributed by atoms with Gasteiger partial charge in [-0.2, -0.15) is 0 Å². The minimum atomic E-state index is -4.33. The first-order chi connectivity index (χ1) is 41.5. The van der Waals surface area contributed by atoms with Gasteiger partial charge in [0.15, 0.2) is 0 Å². The number of hydrogen-bond acceptors (Lipinski definition) is 5. The number of aliphatic hydroxyl groups is 1. The van der Waals surface area contributed by atoms with Crippen LogP contribution in [0.15, 0.2) is 48.6 Å². The van der Waals surface area contributed by atoms with Crippen molar-refractivity contribution >= 4 is 13.7 Å². The molecule has 85 heavy (non-hydrogen) atoms. The Bertz CT molecular complexity index is 1530. The first kappa shape index (κ1) is 83.5. The molecule has 9 heteroatoms. The second-order valence-corrected chi connectivity index (χ2v) is 28.5. The van der Waals surface area contributed by atoms with Crippen molar-refractivity contribution < 1.29 is 32.9 Å². The Morgan fingerprint density at radius 1 is 0.412 bits per heavy atom. The van der Waals surface area contributed by atoms with Crippen molar-refractivity contribution in [2.75, 3.05) is 40.9 Å². The van der Waals surface area contributed by atoms with E-state index in [4.69, 9.17) is 9.05 Å². The monoisotopic (exact) mass is 1220 g/mol. The highest BCUT2D eigenvalue weighted by Gasteiger charge is 2.28. The van der Waals surface area contributed by atoms with Crippen LogP contribution in [0.5, 0.6) is 0 Å². The fourth-order valence-corrected chi connectivity index (χ4v) is 12.3. The predicted molar refractivity (Wildman–Crippen MR) is 374 cm³/mol. The molecule has 0 saturated carbocycles. The summed E-state index contributed by atoms with van der Waals surface area (Å²) in [4.78, 5) is 23.5. The van der Waals surface area contributed by atoms with Crippen LogP contribution in [0.25, 0.3) is 0 Å². The van der Waals surface area contributed by atoms with Crippen LogP contribution in [0.4, 0.5) is 0 Å². The number of nitrogens with one attached hydrogen (secondary N) is 1. The molecule has 3 unspecified atom stereocenters. The fourth-order valence-electron chi connectivity index (χ4n) is 11.6. The molecular formula is C76H148N2O6P+. The second-order valence-electron chi connectivity index (χ2n) is 27.0. The molecule has 8 nitrogen and oxygen atoms in total. The highest BCUT2D eigenvalue weighted by Crippen LogP contribution is 2.43. The molecule has 0 spiro atoms. The number of rotatable bonds is 70. The van der Waals surface area contributed by atoms with Gasteiger partial charge in [0.1, 0.15) is 13.2 Å². The first-order valence-corrected chi connectivity index (χ1v) is 39.0. The SMILES string of the molecule is CC/C=C\C/C=C\C/C=C\C/C=C\CCCCCCCCCCCCCCCCCCCCCCCCC(=O)NC(COP(=O)(O)OCC[N+](C)(C)C)C(O)CCCCCCCCCCCCCCCCCCCCCCCCCCCCCC. The van der Waals surface area contributed by atoms with E-state index in [9.17, 15) is 19.4 Å². The molecule has 0 aliphatic rings. The van der Waals surface area contributed by atoms with Crippen molar-refractivity contribution in [1.82, 2.24) is 5.32 Å². The number of aliphatic hydroxyl groups excluding tert-OH is 1. The molecule has 0 aliphatic heterocycles. The zero-order chi connectivity index (χ0) is 61.9. The Labute approximate surface area is 530 Å². The van der Waals surface area contributed by atoms with Crippen LogP contribution >= 0.6 is 7.82 Å². The maximum absolute atomic E-state index is 13.1. The zero-order valence-corrected chi connectivity index (χ0v) is 58.5. The third-order valence-electron chi connectivity index (χ3n) is 17.3. The van der Waals surface area contributed by atoms with Gasteiger partial charge in [-0.15, -0.1) is 0 Å². The molecular weight excluding hydrogens is 1070 g/mol. The Balaban J connectivity index is 3.95. The molecule has 0 aliphatic carbocycles. The van der Waals surface area contributed by atoms with Crippen molar-refractivity contribution in [3.63, 3.8) is 0 Å². The van der Waals surface area contributed by atoms with E-state index in [1.54, 1.807) is 0 Å². The molecule has 3 atom stereocenters. The van der Waals surface area contributed by atoms with Gasteiger partial charge in [-0.05, 0) is 51.4 Å². The van der Waals surface area contributed by atoms with Gasteiger partial charge in [0.2, 0.25) is 5.91 Å². The lowest BCUT2D eigenvalue weighted by Crippen LogP contribution is -2.46. The Morgan fingerprint density at radius 2 is 0.706 bits per heavy atom. The van der Waals surface area contributed by atoms with Gasteiger partial charge >= 0.3 is 7.82 Å². The standard InChI is InChI=1S/C76H147N2O6P/c1-6-8-10-12-14-16-18-20-22-24-26-28-30-32-34-36-37-38-39-40-41-42-44-46-48-50-52-54-56-58-60-62-64-66-68-70-76(80)77-74(73-84-85(81,82)83-72-71-78(3,4)5)75(79)69-67-65-63-61-59-57-55-53-51-49-47-45-43-35-33-31-29-27-25-23-21-19-17-15-13-11-9-7-2/h8,10,14,16,20,22,26,28,74-75,79H,6-7,9,11-13,15,17-19,21,23-25,27,29-73H2,1-5H3,(H-,77,80,81,82)/p+1/b10-8-,16-14-,22-20-,28-26-. The average molecular weight is 1220 g/mol. The van der Waals surface area contributed by atoms with Crippen LogP contribution in [0.3, 0.4) is 0 Å². The lowest BCUT2D eigenvalue weighted by Gasteiger charge is -2.26. The largest absolute Gasteiger partial charge is 0.472 e. The summed E-state index contributed by atoms with van der Waals surface area (Å²) < 4.78 is 23.9. The first-order valence-electron chi connectivity index (χ1n) is 37.5. The van der Waals surface area contributed by atoms with Crippen LogP contribution in [0.1, 0.15) is 380 Å². The quantitative estimate of drug-likeness (QED) is 0.0243. The molecule has 0 rings (SSSR count). The van der Waals surface area contributed by atoms with Gasteiger partial charge in [-0.1, -0.05) is 371 Å². The molecule has 0 heterocycles. The number of nitrogens with zero attached hydrogens (tertiary/aromatic N) is 1. The third kappa shape index (κ3) is 69.8. The number of carbonyl (C=O) groups excluding carboxylic acids is 1. The van der Waals surface area contributed by atoms with E-state index in [0.29, 0.717) is 23.9 Å². The summed E-state index contributed by atoms with van der Waals surface area (Å²) in [6, 6.07) is -0.761. The van der Waals surface area contributed by atoms with E-state index >= 15 is 0 Å². The molecule has 0 radical (unpaired) electrons. The van der Waals surface area contributed by atoms with Gasteiger partial charge in [-0.3, -0.25) is 13.8 Å². The van der Waals surface area contributed by atoms with Crippen LogP contribution in [0.2, 0.25) is 0 Å². The lowest BCUT2D eigenvalue weighted by atomic mass is 10.0. The van der Waals surface area contributed by atoms with Crippen molar-refractivity contribution in [2.45, 2.75) is 392 Å². The van der Waals surface area contributed by atoms with Gasteiger partial charge in [0.25, 0.3) is 0 Å². The van der Waals surface area contributed by atoms with Crippen LogP contribution < -0.4 is 5.32 Å². The second kappa shape index (κ2) is 66.9. The maximum Gasteiger partial charge on any atom is 0.472 e. The third-order valence-corrected chi connectivity index (χ3v) is 18.3. The summed E-state index contributed by atoms with van der Waals surface area (Å²) in [7, 11) is 1.64. The molecule has 1 amide bonds. The fraction of sp³-hybridized carbons (Fsp3) is 0.882. The van der Waals surface area contributed by atoms with E-state index in [1.165, 1.54) is 289 Å². The highest BCUT2D eigenvalue weighted by molar-refractivity contribution is 7.47. The summed E-state index contributed by atoms with van der Waals surface area (Å²) in [5.41, 5.74) is 0. The molecule has 502 valence electrons. The number of amides is 1. The van der Waals surface area contributed by atoms with Crippen LogP contribution in [-0.2, 0) is 18.4 Å². The number of likely N-dealkylation sites (N-methyl/N-ethyl adjacent to an activating group) is 1. The van der Waals surface area contributed by atoms with Gasteiger partial charge in [-0.25, -0.2) is 4.57 Å². The molecule has 0 saturated heterocycles. The van der Waals surface area contributed by atoms with Crippen molar-refractivity contribution in [3.05, 3.63) is 48.6 Å². The number of unbranched alkanes of at least 4 members (excludes halogenated alkanes) is 49. The number of hydrogen-bond donors (Lipinski definition) is 3. The normalized spacial score (nSPS) is 13.8. The summed E-state index contributed by atoms with van der Waals surface area (Å²) in [5, 5.41) is 14.2. The summed E-state index contributed by atoms with van der Waals surface area (Å²) in [6.07, 6.45) is 90.9. The minimum absolute atomic E-state index is 0.0768. The summed E-state index contributed by atoms with van der Waals surface area (Å²) in [6.45, 7) is 4.84. The van der Waals surface area contributed by atoms with Crippen molar-refractivity contribution in [2.24, 2.45) is 0 Å². The molecule has 0 aromatic rings. The zero-order valence-electron chi connectivity index (χ0n) is 57.6. The number of carbonyl (C=O) groups is 1. The van der Waals surface area contributed by atoms with Crippen molar-refractivity contribution in [3.8, 4) is 0 Å². The van der Waals surface area contributed by atoms with E-state index in [2.05, 4.69) is 67.8 Å². The molecule has 0 aromatic carbocycles. The van der Waals surface area contributed by atoms with E-state index in [0.717, 1.165) is 64.2 Å². The summed E-state index contributed by atoms with van der Waals surface area (Å²) in [5.74, 6) is -0.136. The average Bonchev–Trinajstić information content (AvgIpc) is 3.48. The lowest BCUT2D eigenvalue weighted by molar-refractivity contribution is -0.870. The van der Waals surface area contributed by atoms with Crippen molar-refractivity contribution in [1.29, 1.82) is 0 Å². The Morgan fingerprint density at radius 3 is 1.04 bits per heavy atom. The number of allylic oxidation sites excluding steroid dienone is 8. The molecule has 0 fully saturated rings. The molecule has 3 N–H and O–H groups in total. The topological polar surface area (TPSA) is 105 Å². The van der Waals surface area contributed by atoms with Crippen LogP contribution in [-0.4, -0.2) is 73.4 Å². The number of quaternary nitrogens is 1. The highest BCUT2D eigenvalue weighted by atomic mass is 31.2. The van der Waals surface area contributed by atoms with E-state index in [1.807, 2.05) is 21.1 Å². The summed E-state index contributed by atoms with van der Waals surface area (Å²) >= 11 is 0.